The van der Waals surface area contributed by atoms with E-state index < -0.39 is 23.5 Å². The lowest BCUT2D eigenvalue weighted by molar-refractivity contribution is -0.143. The predicted molar refractivity (Wildman–Crippen MR) is 143 cm³/mol. The highest BCUT2D eigenvalue weighted by Crippen LogP contribution is 2.39. The highest BCUT2D eigenvalue weighted by atomic mass is 19.4. The second kappa shape index (κ2) is 9.48. The Morgan fingerprint density at radius 3 is 1.62 bits per heavy atom. The number of fused-ring (bicyclic) bond motifs is 2. The van der Waals surface area contributed by atoms with Crippen LogP contribution in [0.15, 0.2) is 109 Å². The molecule has 198 valence electrons. The quantitative estimate of drug-likeness (QED) is 0.207. The van der Waals surface area contributed by atoms with Gasteiger partial charge in [-0.3, -0.25) is 9.97 Å². The van der Waals surface area contributed by atoms with E-state index in [9.17, 15) is 26.3 Å². The van der Waals surface area contributed by atoms with Gasteiger partial charge in [0.25, 0.3) is 0 Å². The van der Waals surface area contributed by atoms with Gasteiger partial charge in [0.1, 0.15) is 0 Å². The molecule has 0 aliphatic carbocycles. The molecule has 0 saturated carbocycles. The molecule has 0 fully saturated rings. The van der Waals surface area contributed by atoms with E-state index in [0.717, 1.165) is 50.8 Å². The van der Waals surface area contributed by atoms with Crippen LogP contribution in [0.5, 0.6) is 0 Å². The number of hydrogen-bond donors (Lipinski definition) is 0. The standard InChI is InChI=1S/C32H18F6N2/c33-31(34,35)27-14-25(15-28(16-27)32(36,37)38)21-8-6-19-5-7-20(11-24(19)12-21)23-9-10-30(39-17-23)26-13-22-3-1-2-4-29(22)40-18-26/h1-18H. The van der Waals surface area contributed by atoms with Crippen LogP contribution < -0.4 is 0 Å². The van der Waals surface area contributed by atoms with E-state index in [4.69, 9.17) is 0 Å². The molecule has 0 aliphatic heterocycles. The normalized spacial score (nSPS) is 12.2. The Kier molecular flexibility index (Phi) is 6.06. The van der Waals surface area contributed by atoms with Crippen molar-refractivity contribution in [2.45, 2.75) is 12.4 Å². The molecule has 2 nitrogen and oxygen atoms in total. The van der Waals surface area contributed by atoms with Crippen LogP contribution in [0.3, 0.4) is 0 Å². The highest BCUT2D eigenvalue weighted by molar-refractivity contribution is 5.91. The van der Waals surface area contributed by atoms with Crippen molar-refractivity contribution in [2.75, 3.05) is 0 Å². The van der Waals surface area contributed by atoms with Gasteiger partial charge in [0.15, 0.2) is 0 Å². The van der Waals surface area contributed by atoms with Crippen LogP contribution in [0.4, 0.5) is 26.3 Å². The molecular formula is C32H18F6N2. The van der Waals surface area contributed by atoms with Gasteiger partial charge in [-0.2, -0.15) is 26.3 Å². The third kappa shape index (κ3) is 5.00. The van der Waals surface area contributed by atoms with Crippen LogP contribution in [0, 0.1) is 0 Å². The lowest BCUT2D eigenvalue weighted by atomic mass is 9.95. The number of halogens is 6. The molecule has 0 bridgehead atoms. The Morgan fingerprint density at radius 2 is 1.00 bits per heavy atom. The third-order valence-corrected chi connectivity index (χ3v) is 6.74. The van der Waals surface area contributed by atoms with Crippen molar-refractivity contribution < 1.29 is 26.3 Å². The van der Waals surface area contributed by atoms with Crippen molar-refractivity contribution in [1.29, 1.82) is 0 Å². The molecule has 8 heteroatoms. The number of benzene rings is 4. The molecule has 0 spiro atoms. The summed E-state index contributed by atoms with van der Waals surface area (Å²) in [4.78, 5) is 9.07. The second-order valence-corrected chi connectivity index (χ2v) is 9.42. The number of para-hydroxylation sites is 1. The zero-order valence-electron chi connectivity index (χ0n) is 20.6. The van der Waals surface area contributed by atoms with Gasteiger partial charge in [-0.25, -0.2) is 0 Å². The summed E-state index contributed by atoms with van der Waals surface area (Å²) in [5, 5.41) is 2.46. The van der Waals surface area contributed by atoms with Gasteiger partial charge in [0.05, 0.1) is 22.3 Å². The minimum absolute atomic E-state index is 0.132. The first-order valence-electron chi connectivity index (χ1n) is 12.2. The molecule has 0 unspecified atom stereocenters. The zero-order valence-corrected chi connectivity index (χ0v) is 20.6. The van der Waals surface area contributed by atoms with E-state index in [1.54, 1.807) is 24.5 Å². The van der Waals surface area contributed by atoms with Crippen molar-refractivity contribution in [3.63, 3.8) is 0 Å². The minimum atomic E-state index is -4.91. The summed E-state index contributed by atoms with van der Waals surface area (Å²) < 4.78 is 80.2. The van der Waals surface area contributed by atoms with E-state index >= 15 is 0 Å². The second-order valence-electron chi connectivity index (χ2n) is 9.42. The average Bonchev–Trinajstić information content (AvgIpc) is 2.95. The molecule has 4 aromatic carbocycles. The van der Waals surface area contributed by atoms with E-state index in [2.05, 4.69) is 9.97 Å². The van der Waals surface area contributed by atoms with Crippen molar-refractivity contribution in [3.05, 3.63) is 121 Å². The number of hydrogen-bond acceptors (Lipinski definition) is 2. The van der Waals surface area contributed by atoms with Crippen molar-refractivity contribution in [1.82, 2.24) is 9.97 Å². The summed E-state index contributed by atoms with van der Waals surface area (Å²) >= 11 is 0. The van der Waals surface area contributed by atoms with Gasteiger partial charge in [0, 0.05) is 28.9 Å². The van der Waals surface area contributed by atoms with Gasteiger partial charge >= 0.3 is 12.4 Å². The molecule has 40 heavy (non-hydrogen) atoms. The monoisotopic (exact) mass is 544 g/mol. The molecule has 0 radical (unpaired) electrons. The Morgan fingerprint density at radius 1 is 0.425 bits per heavy atom. The van der Waals surface area contributed by atoms with Crippen LogP contribution in [0.2, 0.25) is 0 Å². The summed E-state index contributed by atoms with van der Waals surface area (Å²) in [5.74, 6) is 0. The number of alkyl halides is 6. The lowest BCUT2D eigenvalue weighted by Crippen LogP contribution is -2.11. The zero-order chi connectivity index (χ0) is 28.1. The minimum Gasteiger partial charge on any atom is -0.256 e. The summed E-state index contributed by atoms with van der Waals surface area (Å²) in [6, 6.07) is 25.6. The van der Waals surface area contributed by atoms with Gasteiger partial charge in [-0.15, -0.1) is 0 Å². The third-order valence-electron chi connectivity index (χ3n) is 6.74. The number of nitrogens with zero attached hydrogens (tertiary/aromatic N) is 2. The maximum Gasteiger partial charge on any atom is 0.416 e. The fourth-order valence-corrected chi connectivity index (χ4v) is 4.67. The fourth-order valence-electron chi connectivity index (χ4n) is 4.67. The molecule has 6 aromatic rings. The number of pyridine rings is 2. The molecule has 6 rings (SSSR count). The first kappa shape index (κ1) is 25.6. The average molecular weight is 544 g/mol. The number of aromatic nitrogens is 2. The SMILES string of the molecule is FC(F)(F)c1cc(-c2ccc3ccc(-c4ccc(-c5cnc6ccccc6c5)nc4)cc3c2)cc(C(F)(F)F)c1. The molecule has 2 aromatic heterocycles. The summed E-state index contributed by atoms with van der Waals surface area (Å²) in [6.45, 7) is 0. The predicted octanol–water partition coefficient (Wildman–Crippen LogP) is 9.82. The van der Waals surface area contributed by atoms with Crippen LogP contribution in [0.25, 0.3) is 55.2 Å². The Balaban J connectivity index is 1.36. The molecular weight excluding hydrogens is 526 g/mol. The molecule has 0 amide bonds. The van der Waals surface area contributed by atoms with E-state index in [0.29, 0.717) is 5.39 Å². The van der Waals surface area contributed by atoms with Crippen molar-refractivity contribution >= 4 is 21.7 Å². The van der Waals surface area contributed by atoms with E-state index in [1.807, 2.05) is 60.7 Å². The van der Waals surface area contributed by atoms with E-state index in [1.165, 1.54) is 6.07 Å². The summed E-state index contributed by atoms with van der Waals surface area (Å²) in [5.41, 5.74) is 1.51. The first-order chi connectivity index (χ1) is 19.0. The molecule has 0 saturated heterocycles. The van der Waals surface area contributed by atoms with Crippen LogP contribution in [0.1, 0.15) is 11.1 Å². The first-order valence-corrected chi connectivity index (χ1v) is 12.2. The maximum absolute atomic E-state index is 13.4. The van der Waals surface area contributed by atoms with Crippen LogP contribution in [-0.2, 0) is 12.4 Å². The van der Waals surface area contributed by atoms with Gasteiger partial charge < -0.3 is 0 Å². The molecule has 0 atom stereocenters. The Labute approximate surface area is 224 Å². The lowest BCUT2D eigenvalue weighted by Gasteiger charge is -2.15. The Bertz CT molecular complexity index is 1840. The highest BCUT2D eigenvalue weighted by Gasteiger charge is 2.37. The van der Waals surface area contributed by atoms with Gasteiger partial charge in [-0.1, -0.05) is 48.5 Å². The smallest absolute Gasteiger partial charge is 0.256 e. The topological polar surface area (TPSA) is 25.8 Å². The van der Waals surface area contributed by atoms with Gasteiger partial charge in [0.2, 0.25) is 0 Å². The summed E-state index contributed by atoms with van der Waals surface area (Å²) in [7, 11) is 0. The van der Waals surface area contributed by atoms with Crippen molar-refractivity contribution in [2.24, 2.45) is 0 Å². The number of rotatable bonds is 3. The fraction of sp³-hybridized carbons (Fsp3) is 0.0625. The van der Waals surface area contributed by atoms with Crippen LogP contribution in [-0.4, -0.2) is 9.97 Å². The molecule has 0 N–H and O–H groups in total. The molecule has 2 heterocycles. The summed E-state index contributed by atoms with van der Waals surface area (Å²) in [6.07, 6.45) is -6.35. The van der Waals surface area contributed by atoms with Crippen LogP contribution >= 0.6 is 0 Å². The van der Waals surface area contributed by atoms with Crippen molar-refractivity contribution in [3.8, 4) is 33.5 Å². The van der Waals surface area contributed by atoms with Gasteiger partial charge in [-0.05, 0) is 76.0 Å². The Hall–Kier alpha value is -4.72. The largest absolute Gasteiger partial charge is 0.416 e. The van der Waals surface area contributed by atoms with E-state index in [-0.39, 0.29) is 17.2 Å². The molecule has 0 aliphatic rings. The maximum atomic E-state index is 13.4.